The first-order valence-corrected chi connectivity index (χ1v) is 9.45. The molecule has 0 aromatic heterocycles. The lowest BCUT2D eigenvalue weighted by molar-refractivity contribution is 1.69. The van der Waals surface area contributed by atoms with Crippen molar-refractivity contribution in [3.8, 4) is 11.1 Å². The minimum Gasteiger partial charge on any atom is -0.110 e. The van der Waals surface area contributed by atoms with Gasteiger partial charge in [0, 0.05) is 4.47 Å². The van der Waals surface area contributed by atoms with Crippen LogP contribution in [0.3, 0.4) is 0 Å². The highest BCUT2D eigenvalue weighted by Crippen LogP contribution is 2.37. The van der Waals surface area contributed by atoms with Crippen LogP contribution in [0.5, 0.6) is 0 Å². The van der Waals surface area contributed by atoms with Crippen molar-refractivity contribution >= 4 is 144 Å². The fraction of sp³-hybridized carbons (Fsp3) is 0. The van der Waals surface area contributed by atoms with Gasteiger partial charge in [-0.05, 0) is 48.6 Å². The van der Waals surface area contributed by atoms with E-state index in [4.69, 9.17) is 62.8 Å². The van der Waals surface area contributed by atoms with Crippen LogP contribution in [0.2, 0.25) is 0 Å². The second-order valence-electron chi connectivity index (χ2n) is 6.86. The van der Waals surface area contributed by atoms with Crippen LogP contribution in [0.25, 0.3) is 32.7 Å². The molecule has 0 saturated carbocycles. The second kappa shape index (κ2) is 7.27. The van der Waals surface area contributed by atoms with Crippen LogP contribution in [0.1, 0.15) is 0 Å². The normalized spacial score (nSPS) is 11.3. The Labute approximate surface area is 189 Å². The molecule has 116 valence electrons. The molecule has 16 radical (unpaired) electrons. The van der Waals surface area contributed by atoms with E-state index < -0.39 is 0 Å². The summed E-state index contributed by atoms with van der Waals surface area (Å²) >= 11 is 3.61. The molecule has 4 aromatic carbocycles. The number of rotatable bonds is 1. The molecule has 0 nitrogen and oxygen atoms in total. The van der Waals surface area contributed by atoms with Crippen LogP contribution in [0, 0.1) is 0 Å². The zero-order chi connectivity index (χ0) is 21.2. The molecule has 0 aliphatic carbocycles. The Balaban J connectivity index is 2.49. The number of fused-ring (bicyclic) bond motifs is 2. The summed E-state index contributed by atoms with van der Waals surface area (Å²) in [5.74, 6) is 0. The quantitative estimate of drug-likeness (QED) is 0.228. The highest BCUT2D eigenvalue weighted by atomic mass is 79.9. The van der Waals surface area contributed by atoms with Crippen molar-refractivity contribution in [1.29, 1.82) is 0 Å². The molecule has 0 spiro atoms. The molecule has 29 heavy (non-hydrogen) atoms. The molecular formula is C20H5B8Br. The Morgan fingerprint density at radius 2 is 0.793 bits per heavy atom. The van der Waals surface area contributed by atoms with E-state index in [-0.39, 0.29) is 32.8 Å². The summed E-state index contributed by atoms with van der Waals surface area (Å²) < 4.78 is 0.564. The first-order valence-electron chi connectivity index (χ1n) is 8.66. The maximum Gasteiger partial charge on any atom is 0.113 e. The summed E-state index contributed by atoms with van der Waals surface area (Å²) in [5.41, 5.74) is 3.49. The summed E-state index contributed by atoms with van der Waals surface area (Å²) in [6.07, 6.45) is 0. The average Bonchev–Trinajstić information content (AvgIpc) is 2.72. The number of hydrogen-bond acceptors (Lipinski definition) is 0. The molecule has 0 saturated heterocycles. The topological polar surface area (TPSA) is 0 Å². The summed E-state index contributed by atoms with van der Waals surface area (Å²) in [6.45, 7) is 0. The van der Waals surface area contributed by atoms with E-state index in [1.807, 2.05) is 30.3 Å². The number of hydrogen-bond donors (Lipinski definition) is 0. The molecule has 0 aliphatic heterocycles. The highest BCUT2D eigenvalue weighted by Gasteiger charge is 2.22. The van der Waals surface area contributed by atoms with Crippen LogP contribution in [0.4, 0.5) is 0 Å². The standard InChI is InChI=1S/C20H5B8Br/c21-12-8-7(6-4-2-1-3-5-6)9-11(15(24)19(28)17(26)13(9)22)20(29)10(8)14(23)18(27)16(12)25/h1-5H. The predicted octanol–water partition coefficient (Wildman–Crippen LogP) is -3.23. The highest BCUT2D eigenvalue weighted by molar-refractivity contribution is 9.10. The molecule has 9 heteroatoms. The van der Waals surface area contributed by atoms with Crippen molar-refractivity contribution in [2.24, 2.45) is 0 Å². The van der Waals surface area contributed by atoms with E-state index in [0.29, 0.717) is 42.5 Å². The Kier molecular flexibility index (Phi) is 5.18. The van der Waals surface area contributed by atoms with Gasteiger partial charge in [-0.1, -0.05) is 52.2 Å². The molecule has 0 N–H and O–H groups in total. The average molecular weight is 412 g/mol. The predicted molar refractivity (Wildman–Crippen MR) is 138 cm³/mol. The van der Waals surface area contributed by atoms with Gasteiger partial charge >= 0.3 is 0 Å². The van der Waals surface area contributed by atoms with Crippen LogP contribution in [-0.4, -0.2) is 62.8 Å². The minimum absolute atomic E-state index is 0.198. The molecule has 0 fully saturated rings. The van der Waals surface area contributed by atoms with Gasteiger partial charge in [0.05, 0.1) is 0 Å². The zero-order valence-corrected chi connectivity index (χ0v) is 17.0. The third-order valence-corrected chi connectivity index (χ3v) is 6.11. The molecule has 4 aromatic rings. The van der Waals surface area contributed by atoms with E-state index in [2.05, 4.69) is 15.9 Å². The fourth-order valence-corrected chi connectivity index (χ4v) is 4.60. The summed E-state index contributed by atoms with van der Waals surface area (Å²) in [6, 6.07) is 9.55. The van der Waals surface area contributed by atoms with E-state index in [1.165, 1.54) is 0 Å². The lowest BCUT2D eigenvalue weighted by atomic mass is 9.61. The van der Waals surface area contributed by atoms with Crippen molar-refractivity contribution < 1.29 is 0 Å². The van der Waals surface area contributed by atoms with Crippen molar-refractivity contribution in [2.45, 2.75) is 0 Å². The zero-order valence-electron chi connectivity index (χ0n) is 15.4. The van der Waals surface area contributed by atoms with Gasteiger partial charge in [0.15, 0.2) is 0 Å². The van der Waals surface area contributed by atoms with Gasteiger partial charge in [0.1, 0.15) is 62.8 Å². The third kappa shape index (κ3) is 2.84. The summed E-state index contributed by atoms with van der Waals surface area (Å²) in [4.78, 5) is 0. The Morgan fingerprint density at radius 3 is 1.17 bits per heavy atom. The Bertz CT molecular complexity index is 1250. The maximum absolute atomic E-state index is 6.43. The van der Waals surface area contributed by atoms with Crippen LogP contribution >= 0.6 is 15.9 Å². The number of halogens is 1. The van der Waals surface area contributed by atoms with Crippen molar-refractivity contribution in [3.05, 3.63) is 34.8 Å². The Hall–Kier alpha value is -1.60. The van der Waals surface area contributed by atoms with Crippen molar-refractivity contribution in [1.82, 2.24) is 0 Å². The SMILES string of the molecule is [B]c1c([B])c([B])c2c(-c3ccccc3)c3c([B])c([B])c([B])c([B])c3c(Br)c2c1[B]. The van der Waals surface area contributed by atoms with Crippen molar-refractivity contribution in [3.63, 3.8) is 0 Å². The lowest BCUT2D eigenvalue weighted by Gasteiger charge is -2.26. The molecule has 0 unspecified atom stereocenters. The third-order valence-electron chi connectivity index (χ3n) is 5.32. The van der Waals surface area contributed by atoms with E-state index in [1.54, 1.807) is 0 Å². The van der Waals surface area contributed by atoms with Gasteiger partial charge in [-0.25, -0.2) is 0 Å². The second-order valence-corrected chi connectivity index (χ2v) is 7.66. The molecule has 4 rings (SSSR count). The molecular weight excluding hydrogens is 407 g/mol. The van der Waals surface area contributed by atoms with Gasteiger partial charge in [0.25, 0.3) is 0 Å². The van der Waals surface area contributed by atoms with Gasteiger partial charge in [-0.3, -0.25) is 0 Å². The first kappa shape index (κ1) is 20.7. The summed E-state index contributed by atoms with van der Waals surface area (Å²) in [7, 11) is 50.2. The van der Waals surface area contributed by atoms with Gasteiger partial charge < -0.3 is 0 Å². The van der Waals surface area contributed by atoms with E-state index in [0.717, 1.165) is 5.56 Å². The van der Waals surface area contributed by atoms with Crippen LogP contribution < -0.4 is 43.7 Å². The Morgan fingerprint density at radius 1 is 0.448 bits per heavy atom. The fourth-order valence-electron chi connectivity index (χ4n) is 3.78. The van der Waals surface area contributed by atoms with E-state index in [9.17, 15) is 0 Å². The van der Waals surface area contributed by atoms with Gasteiger partial charge in [0.2, 0.25) is 0 Å². The minimum atomic E-state index is 0.198. The smallest absolute Gasteiger partial charge is 0.110 e. The largest absolute Gasteiger partial charge is 0.113 e. The lowest BCUT2D eigenvalue weighted by Crippen LogP contribution is -2.49. The van der Waals surface area contributed by atoms with E-state index >= 15 is 0 Å². The van der Waals surface area contributed by atoms with Gasteiger partial charge in [-0.2, -0.15) is 0 Å². The molecule has 0 bridgehead atoms. The van der Waals surface area contributed by atoms with Crippen molar-refractivity contribution in [2.75, 3.05) is 0 Å². The monoisotopic (exact) mass is 412 g/mol. The number of benzene rings is 4. The molecule has 0 amide bonds. The first-order chi connectivity index (χ1) is 13.7. The van der Waals surface area contributed by atoms with Crippen LogP contribution in [0.15, 0.2) is 34.8 Å². The summed E-state index contributed by atoms with van der Waals surface area (Å²) in [5, 5.41) is 2.37. The van der Waals surface area contributed by atoms with Gasteiger partial charge in [-0.15, -0.1) is 21.9 Å². The van der Waals surface area contributed by atoms with Crippen LogP contribution in [-0.2, 0) is 0 Å². The molecule has 0 heterocycles. The molecule has 0 atom stereocenters. The molecule has 0 aliphatic rings. The maximum atomic E-state index is 6.43.